The van der Waals surface area contributed by atoms with Gasteiger partial charge in [0.15, 0.2) is 23.3 Å². The van der Waals surface area contributed by atoms with Crippen LogP contribution in [0.2, 0.25) is 0 Å². The van der Waals surface area contributed by atoms with Crippen molar-refractivity contribution in [1.29, 1.82) is 0 Å². The zero-order chi connectivity index (χ0) is 50.9. The lowest BCUT2D eigenvalue weighted by atomic mass is 10.0. The molecule has 0 bridgehead atoms. The summed E-state index contributed by atoms with van der Waals surface area (Å²) in [6, 6.07) is 4.39. The van der Waals surface area contributed by atoms with Gasteiger partial charge in [-0.15, -0.1) is 0 Å². The molecule has 21 nitrogen and oxygen atoms in total. The van der Waals surface area contributed by atoms with Crippen molar-refractivity contribution in [3.63, 3.8) is 0 Å². The van der Waals surface area contributed by atoms with Gasteiger partial charge < -0.3 is 81.8 Å². The number of aryl methyl sites for hydroxylation is 1. The number of carboxylic acid groups (broad SMARTS) is 6. The number of hydrogen-bond acceptors (Lipinski definition) is 15. The van der Waals surface area contributed by atoms with Gasteiger partial charge in [0.05, 0.1) is 0 Å². The third-order valence-electron chi connectivity index (χ3n) is 7.70. The number of carbonyl (C=O) groups is 6. The molecule has 2 rings (SSSR count). The van der Waals surface area contributed by atoms with Crippen molar-refractivity contribution in [3.8, 4) is 0 Å². The molecule has 2 aromatic rings. The molecule has 0 spiro atoms. The van der Waals surface area contributed by atoms with Crippen LogP contribution in [-0.4, -0.2) is 129 Å². The van der Waals surface area contributed by atoms with Crippen molar-refractivity contribution in [2.24, 2.45) is 51.8 Å². The standard InChI is InChI=1S/C10H13NO2.C9H6F5NO2.C7H15NO2.C5H12N2O2.C4H10N2O2.C3H8N2O2/c11-9(10(12)13)7-6-8-4-2-1-3-5-8;10-4-2(1-3(15)9(16)17)5(11)7(13)8(14)6(4)12;1-5(2)4-6(8-3)7(9)10;6-3-1-2-4(7)5(8)9;5-2-1-3(6)4(7)8;4-1-2(5)3(6)7/h1-5,9H,6-7,11H2,(H,12,13);3H,1,15H2,(H,16,17);5-6,8H,4H2,1-3H3,(H,9,10);4H,1-3,6-7H2,(H,8,9);3H,1-2,5-6H2,(H,7,8);2H,1,4-5H2,(H,6,7)/t9-;3-;6-;4-;3-;2-/m001000/s1. The molecule has 0 saturated carbocycles. The largest absolute Gasteiger partial charge is 0.480 e. The van der Waals surface area contributed by atoms with Crippen molar-refractivity contribution in [2.75, 3.05) is 26.7 Å². The lowest BCUT2D eigenvalue weighted by molar-refractivity contribution is -0.140. The molecule has 26 heteroatoms. The molecule has 23 N–H and O–H groups in total. The molecular weight excluding hydrogens is 869 g/mol. The number of benzene rings is 2. The van der Waals surface area contributed by atoms with E-state index in [9.17, 15) is 50.7 Å². The highest BCUT2D eigenvalue weighted by atomic mass is 19.2. The van der Waals surface area contributed by atoms with E-state index < -0.39 is 107 Å². The minimum absolute atomic E-state index is 0.00463. The fourth-order valence-electron chi connectivity index (χ4n) is 3.91. The third-order valence-corrected chi connectivity index (χ3v) is 7.70. The van der Waals surface area contributed by atoms with E-state index in [-0.39, 0.29) is 12.6 Å². The van der Waals surface area contributed by atoms with E-state index in [1.807, 2.05) is 44.2 Å². The summed E-state index contributed by atoms with van der Waals surface area (Å²) in [6.07, 6.45) is 2.37. The van der Waals surface area contributed by atoms with E-state index in [0.29, 0.717) is 57.5 Å². The maximum atomic E-state index is 13.1. The fraction of sp³-hybridized carbons (Fsp3) is 0.526. The number of likely N-dealkylation sites (N-methyl/N-ethyl adjacent to an activating group) is 1. The summed E-state index contributed by atoms with van der Waals surface area (Å²) in [5.41, 5.74) is 40.3. The molecule has 0 fully saturated rings. The number of halogens is 5. The van der Waals surface area contributed by atoms with Crippen LogP contribution in [0.4, 0.5) is 22.0 Å². The molecule has 0 aliphatic carbocycles. The van der Waals surface area contributed by atoms with Crippen molar-refractivity contribution in [1.82, 2.24) is 5.32 Å². The maximum absolute atomic E-state index is 13.1. The average Bonchev–Trinajstić information content (AvgIpc) is 3.24. The van der Waals surface area contributed by atoms with Crippen LogP contribution in [-0.2, 0) is 41.6 Å². The van der Waals surface area contributed by atoms with Crippen LogP contribution in [0, 0.1) is 35.0 Å². The van der Waals surface area contributed by atoms with E-state index in [0.717, 1.165) is 5.56 Å². The highest BCUT2D eigenvalue weighted by Gasteiger charge is 2.28. The monoisotopic (exact) mass is 933 g/mol. The summed E-state index contributed by atoms with van der Waals surface area (Å²) in [6.45, 7) is 4.84. The summed E-state index contributed by atoms with van der Waals surface area (Å²) in [4.78, 5) is 60.8. The van der Waals surface area contributed by atoms with Gasteiger partial charge in [-0.2, -0.15) is 0 Å². The SMILES string of the molecule is CN[C@H](CC(C)C)C(=O)O.NCCC[C@H](N)C(=O)O.NCC[C@H](N)C(=O)O.NC[C@H](N)C(=O)O.N[C@@H](CCc1ccccc1)C(=O)O.N[C@@H](Cc1c(F)c(F)c(F)c(F)c1F)C(=O)O. The topological polar surface area (TPSA) is 444 Å². The molecule has 0 amide bonds. The second kappa shape index (κ2) is 37.0. The molecule has 0 aliphatic heterocycles. The molecule has 0 unspecified atom stereocenters. The fourth-order valence-corrected chi connectivity index (χ4v) is 3.91. The lowest BCUT2D eigenvalue weighted by Gasteiger charge is -2.12. The normalized spacial score (nSPS) is 13.0. The Morgan fingerprint density at radius 3 is 1.22 bits per heavy atom. The van der Waals surface area contributed by atoms with Crippen LogP contribution in [0.15, 0.2) is 30.3 Å². The van der Waals surface area contributed by atoms with Crippen LogP contribution >= 0.6 is 0 Å². The van der Waals surface area contributed by atoms with E-state index in [2.05, 4.69) is 5.32 Å². The number of carboxylic acids is 6. The zero-order valence-electron chi connectivity index (χ0n) is 35.6. The van der Waals surface area contributed by atoms with Gasteiger partial charge in [0.1, 0.15) is 36.3 Å². The molecule has 6 atom stereocenters. The van der Waals surface area contributed by atoms with Crippen LogP contribution in [0.3, 0.4) is 0 Å². The molecule has 64 heavy (non-hydrogen) atoms. The Bertz CT molecular complexity index is 1660. The van der Waals surface area contributed by atoms with Gasteiger partial charge in [-0.3, -0.25) is 28.8 Å². The van der Waals surface area contributed by atoms with Gasteiger partial charge in [-0.1, -0.05) is 44.2 Å². The van der Waals surface area contributed by atoms with Crippen molar-refractivity contribution < 1.29 is 81.4 Å². The van der Waals surface area contributed by atoms with Crippen molar-refractivity contribution >= 4 is 35.8 Å². The first-order valence-corrected chi connectivity index (χ1v) is 19.1. The number of nitrogens with two attached hydrogens (primary N) is 8. The number of nitrogens with one attached hydrogen (secondary N) is 1. The second-order valence-electron chi connectivity index (χ2n) is 13.6. The molecule has 0 aliphatic rings. The van der Waals surface area contributed by atoms with Crippen LogP contribution in [0.1, 0.15) is 57.1 Å². The summed E-state index contributed by atoms with van der Waals surface area (Å²) in [5, 5.41) is 52.6. The molecule has 0 radical (unpaired) electrons. The first-order valence-electron chi connectivity index (χ1n) is 19.1. The summed E-state index contributed by atoms with van der Waals surface area (Å²) < 4.78 is 64.1. The van der Waals surface area contributed by atoms with Gasteiger partial charge in [0, 0.05) is 18.5 Å². The second-order valence-corrected chi connectivity index (χ2v) is 13.6. The Labute approximate surface area is 366 Å². The first-order chi connectivity index (χ1) is 29.6. The smallest absolute Gasteiger partial charge is 0.321 e. The quantitative estimate of drug-likeness (QED) is 0.0444. The lowest BCUT2D eigenvalue weighted by Crippen LogP contribution is -2.37. The zero-order valence-corrected chi connectivity index (χ0v) is 35.6. The van der Waals surface area contributed by atoms with E-state index in [4.69, 9.17) is 76.5 Å². The Balaban J connectivity index is -0.000000348. The van der Waals surface area contributed by atoms with E-state index >= 15 is 0 Å². The molecule has 2 aromatic carbocycles. The summed E-state index contributed by atoms with van der Waals surface area (Å²) in [7, 11) is 1.67. The van der Waals surface area contributed by atoms with Crippen LogP contribution in [0.25, 0.3) is 0 Å². The summed E-state index contributed by atoms with van der Waals surface area (Å²) >= 11 is 0. The first kappa shape index (κ1) is 65.2. The molecule has 0 aromatic heterocycles. The molecular formula is C38H64F5N9O12. The average molecular weight is 934 g/mol. The molecule has 368 valence electrons. The minimum atomic E-state index is -2.30. The molecule has 0 saturated heterocycles. The van der Waals surface area contributed by atoms with Crippen LogP contribution in [0.5, 0.6) is 0 Å². The van der Waals surface area contributed by atoms with E-state index in [1.165, 1.54) is 0 Å². The molecule has 0 heterocycles. The third kappa shape index (κ3) is 31.4. The van der Waals surface area contributed by atoms with Crippen LogP contribution < -0.4 is 51.2 Å². The Hall–Kier alpha value is -5.45. The predicted molar refractivity (Wildman–Crippen MR) is 224 cm³/mol. The Morgan fingerprint density at radius 1 is 0.547 bits per heavy atom. The number of rotatable bonds is 20. The predicted octanol–water partition coefficient (Wildman–Crippen LogP) is -0.686. The van der Waals surface area contributed by atoms with Gasteiger partial charge in [0.25, 0.3) is 0 Å². The van der Waals surface area contributed by atoms with Crippen molar-refractivity contribution in [2.45, 2.75) is 95.0 Å². The Kier molecular flexibility index (Phi) is 37.6. The van der Waals surface area contributed by atoms with Crippen molar-refractivity contribution in [3.05, 3.63) is 70.5 Å². The number of aliphatic carboxylic acids is 6. The summed E-state index contributed by atoms with van der Waals surface area (Å²) in [5.74, 6) is -16.6. The number of hydrogen-bond donors (Lipinski definition) is 15. The Morgan fingerprint density at radius 2 is 0.938 bits per heavy atom. The van der Waals surface area contributed by atoms with E-state index in [1.54, 1.807) is 7.05 Å². The van der Waals surface area contributed by atoms with Gasteiger partial charge >= 0.3 is 35.8 Å². The highest BCUT2D eigenvalue weighted by Crippen LogP contribution is 2.23. The maximum Gasteiger partial charge on any atom is 0.321 e. The van der Waals surface area contributed by atoms with Gasteiger partial charge in [-0.05, 0) is 70.1 Å². The highest BCUT2D eigenvalue weighted by molar-refractivity contribution is 5.75. The van der Waals surface area contributed by atoms with Gasteiger partial charge in [-0.25, -0.2) is 22.0 Å². The van der Waals surface area contributed by atoms with Gasteiger partial charge in [0.2, 0.25) is 5.82 Å². The minimum Gasteiger partial charge on any atom is -0.480 e.